The van der Waals surface area contributed by atoms with E-state index in [1.54, 1.807) is 14.2 Å². The second kappa shape index (κ2) is 5.59. The van der Waals surface area contributed by atoms with Crippen molar-refractivity contribution in [3.05, 3.63) is 23.8 Å². The minimum atomic E-state index is -0.0311. The average molecular weight is 250 g/mol. The van der Waals surface area contributed by atoms with Gasteiger partial charge in [0.05, 0.1) is 14.2 Å². The molecule has 0 saturated heterocycles. The lowest BCUT2D eigenvalue weighted by Crippen LogP contribution is -2.30. The Bertz CT molecular complexity index is 405. The number of ether oxygens (including phenoxy) is 2. The Morgan fingerprint density at radius 3 is 2.61 bits per heavy atom. The van der Waals surface area contributed by atoms with Crippen molar-refractivity contribution < 1.29 is 9.47 Å². The summed E-state index contributed by atoms with van der Waals surface area (Å²) in [6.07, 6.45) is 2.59. The zero-order valence-corrected chi connectivity index (χ0v) is 11.3. The minimum absolute atomic E-state index is 0.0311. The first kappa shape index (κ1) is 13.2. The van der Waals surface area contributed by atoms with Crippen LogP contribution in [0.4, 0.5) is 0 Å². The first-order valence-corrected chi connectivity index (χ1v) is 6.33. The van der Waals surface area contributed by atoms with Crippen molar-refractivity contribution in [3.63, 3.8) is 0 Å². The highest BCUT2D eigenvalue weighted by atomic mass is 16.5. The number of likely N-dealkylation sites (N-methyl/N-ethyl adjacent to an activating group) is 1. The molecule has 0 spiro atoms. The fourth-order valence-electron chi connectivity index (χ4n) is 2.20. The Balaban J connectivity index is 2.10. The Labute approximate surface area is 109 Å². The quantitative estimate of drug-likeness (QED) is 0.836. The molecular weight excluding hydrogens is 228 g/mol. The second-order valence-corrected chi connectivity index (χ2v) is 4.89. The highest BCUT2D eigenvalue weighted by Crippen LogP contribution is 2.31. The van der Waals surface area contributed by atoms with Gasteiger partial charge in [0.25, 0.3) is 0 Å². The first-order valence-electron chi connectivity index (χ1n) is 6.33. The number of hydrogen-bond acceptors (Lipinski definition) is 4. The smallest absolute Gasteiger partial charge is 0.127 e. The van der Waals surface area contributed by atoms with Crippen molar-refractivity contribution in [3.8, 4) is 11.5 Å². The van der Waals surface area contributed by atoms with E-state index < -0.39 is 0 Å². The Hall–Kier alpha value is -1.26. The number of hydrogen-bond donors (Lipinski definition) is 1. The predicted molar refractivity (Wildman–Crippen MR) is 72.1 cm³/mol. The maximum absolute atomic E-state index is 6.27. The molecule has 0 aromatic heterocycles. The van der Waals surface area contributed by atoms with Crippen LogP contribution in [0.15, 0.2) is 18.2 Å². The van der Waals surface area contributed by atoms with E-state index in [0.29, 0.717) is 0 Å². The standard InChI is InChI=1S/C14H22N2O2/c1-16(10-4-5-10)9-13(15)12-7-6-11(17-2)8-14(12)18-3/h6-8,10,13H,4-5,9,15H2,1-3H3. The van der Waals surface area contributed by atoms with E-state index in [2.05, 4.69) is 11.9 Å². The molecule has 1 aliphatic rings. The zero-order valence-electron chi connectivity index (χ0n) is 11.3. The van der Waals surface area contributed by atoms with Gasteiger partial charge in [-0.2, -0.15) is 0 Å². The Morgan fingerprint density at radius 1 is 1.33 bits per heavy atom. The van der Waals surface area contributed by atoms with Crippen LogP contribution in [0.1, 0.15) is 24.4 Å². The van der Waals surface area contributed by atoms with Gasteiger partial charge in [-0.1, -0.05) is 6.07 Å². The lowest BCUT2D eigenvalue weighted by Gasteiger charge is -2.22. The van der Waals surface area contributed by atoms with Crippen LogP contribution >= 0.6 is 0 Å². The highest BCUT2D eigenvalue weighted by molar-refractivity contribution is 5.42. The summed E-state index contributed by atoms with van der Waals surface area (Å²) in [6, 6.07) is 6.49. The molecule has 1 aromatic carbocycles. The normalized spacial score (nSPS) is 16.7. The van der Waals surface area contributed by atoms with Gasteiger partial charge in [-0.25, -0.2) is 0 Å². The lowest BCUT2D eigenvalue weighted by molar-refractivity contribution is 0.298. The van der Waals surface area contributed by atoms with Gasteiger partial charge < -0.3 is 20.1 Å². The topological polar surface area (TPSA) is 47.7 Å². The van der Waals surface area contributed by atoms with Crippen molar-refractivity contribution in [1.82, 2.24) is 4.90 Å². The zero-order chi connectivity index (χ0) is 13.1. The predicted octanol–water partition coefficient (Wildman–Crippen LogP) is 1.80. The summed E-state index contributed by atoms with van der Waals surface area (Å²) >= 11 is 0. The van der Waals surface area contributed by atoms with Crippen molar-refractivity contribution in [2.24, 2.45) is 5.73 Å². The van der Waals surface area contributed by atoms with Crippen LogP contribution in [-0.4, -0.2) is 38.8 Å². The molecule has 0 aliphatic heterocycles. The third-order valence-electron chi connectivity index (χ3n) is 3.50. The molecule has 100 valence electrons. The number of rotatable bonds is 6. The third-order valence-corrected chi connectivity index (χ3v) is 3.50. The van der Waals surface area contributed by atoms with E-state index in [0.717, 1.165) is 29.6 Å². The van der Waals surface area contributed by atoms with Crippen molar-refractivity contribution in [2.45, 2.75) is 24.9 Å². The van der Waals surface area contributed by atoms with Gasteiger partial charge in [0.2, 0.25) is 0 Å². The summed E-state index contributed by atoms with van der Waals surface area (Å²) in [5, 5.41) is 0. The van der Waals surface area contributed by atoms with Gasteiger partial charge in [0, 0.05) is 30.3 Å². The molecule has 2 N–H and O–H groups in total. The molecule has 0 radical (unpaired) electrons. The molecule has 1 aliphatic carbocycles. The molecule has 18 heavy (non-hydrogen) atoms. The van der Waals surface area contributed by atoms with E-state index in [1.165, 1.54) is 12.8 Å². The van der Waals surface area contributed by atoms with Crippen LogP contribution in [0.3, 0.4) is 0 Å². The molecular formula is C14H22N2O2. The Kier molecular flexibility index (Phi) is 4.09. The molecule has 2 rings (SSSR count). The molecule has 1 unspecified atom stereocenters. The van der Waals surface area contributed by atoms with Crippen molar-refractivity contribution in [2.75, 3.05) is 27.8 Å². The maximum atomic E-state index is 6.27. The van der Waals surface area contributed by atoms with Crippen LogP contribution in [0.5, 0.6) is 11.5 Å². The number of nitrogens with zero attached hydrogens (tertiary/aromatic N) is 1. The summed E-state index contributed by atoms with van der Waals surface area (Å²) < 4.78 is 10.6. The summed E-state index contributed by atoms with van der Waals surface area (Å²) in [5.41, 5.74) is 7.30. The van der Waals surface area contributed by atoms with E-state index in [-0.39, 0.29) is 6.04 Å². The molecule has 0 bridgehead atoms. The maximum Gasteiger partial charge on any atom is 0.127 e. The van der Waals surface area contributed by atoms with Crippen LogP contribution in [0.25, 0.3) is 0 Å². The van der Waals surface area contributed by atoms with E-state index >= 15 is 0 Å². The van der Waals surface area contributed by atoms with Crippen LogP contribution in [-0.2, 0) is 0 Å². The highest BCUT2D eigenvalue weighted by Gasteiger charge is 2.27. The number of benzene rings is 1. The molecule has 1 fully saturated rings. The van der Waals surface area contributed by atoms with Crippen LogP contribution < -0.4 is 15.2 Å². The number of methoxy groups -OCH3 is 2. The van der Waals surface area contributed by atoms with Crippen LogP contribution in [0, 0.1) is 0 Å². The molecule has 4 heteroatoms. The fraction of sp³-hybridized carbons (Fsp3) is 0.571. The monoisotopic (exact) mass is 250 g/mol. The molecule has 1 saturated carbocycles. The molecule has 0 amide bonds. The molecule has 1 atom stereocenters. The van der Waals surface area contributed by atoms with Gasteiger partial charge in [-0.3, -0.25) is 0 Å². The van der Waals surface area contributed by atoms with Gasteiger partial charge in [-0.15, -0.1) is 0 Å². The largest absolute Gasteiger partial charge is 0.497 e. The third kappa shape index (κ3) is 2.94. The molecule has 4 nitrogen and oxygen atoms in total. The second-order valence-electron chi connectivity index (χ2n) is 4.89. The number of nitrogens with two attached hydrogens (primary N) is 1. The van der Waals surface area contributed by atoms with E-state index in [4.69, 9.17) is 15.2 Å². The molecule has 1 aromatic rings. The Morgan fingerprint density at radius 2 is 2.06 bits per heavy atom. The lowest BCUT2D eigenvalue weighted by atomic mass is 10.1. The summed E-state index contributed by atoms with van der Waals surface area (Å²) in [7, 11) is 5.44. The summed E-state index contributed by atoms with van der Waals surface area (Å²) in [6.45, 7) is 0.855. The van der Waals surface area contributed by atoms with Gasteiger partial charge in [0.1, 0.15) is 11.5 Å². The summed E-state index contributed by atoms with van der Waals surface area (Å²) in [5.74, 6) is 1.59. The minimum Gasteiger partial charge on any atom is -0.497 e. The fourth-order valence-corrected chi connectivity index (χ4v) is 2.20. The summed E-state index contributed by atoms with van der Waals surface area (Å²) in [4.78, 5) is 2.33. The van der Waals surface area contributed by atoms with E-state index in [9.17, 15) is 0 Å². The van der Waals surface area contributed by atoms with Gasteiger partial charge in [-0.05, 0) is 26.0 Å². The average Bonchev–Trinajstić information content (AvgIpc) is 3.22. The van der Waals surface area contributed by atoms with Crippen molar-refractivity contribution >= 4 is 0 Å². The SMILES string of the molecule is COc1ccc(C(N)CN(C)C2CC2)c(OC)c1. The van der Waals surface area contributed by atoms with E-state index in [1.807, 2.05) is 18.2 Å². The first-order chi connectivity index (χ1) is 8.65. The van der Waals surface area contributed by atoms with Crippen molar-refractivity contribution in [1.29, 1.82) is 0 Å². The van der Waals surface area contributed by atoms with Gasteiger partial charge >= 0.3 is 0 Å². The van der Waals surface area contributed by atoms with Crippen LogP contribution in [0.2, 0.25) is 0 Å². The van der Waals surface area contributed by atoms with Gasteiger partial charge in [0.15, 0.2) is 0 Å². The molecule has 0 heterocycles.